The Balaban J connectivity index is 1.08. The average Bonchev–Trinajstić information content (AvgIpc) is 3.94. The molecule has 6 aromatic carbocycles. The number of fused-ring (bicyclic) bond motifs is 6. The van der Waals surface area contributed by atoms with E-state index in [-0.39, 0.29) is 11.0 Å². The van der Waals surface area contributed by atoms with Crippen LogP contribution in [0, 0.1) is 6.33 Å². The van der Waals surface area contributed by atoms with Gasteiger partial charge < -0.3 is 9.30 Å². The van der Waals surface area contributed by atoms with Gasteiger partial charge in [0.25, 0.3) is 6.33 Å². The number of hydrogen-bond donors (Lipinski definition) is 0. The maximum atomic E-state index is 6.63. The van der Waals surface area contributed by atoms with Crippen molar-refractivity contribution < 1.29 is 9.30 Å². The van der Waals surface area contributed by atoms with Crippen molar-refractivity contribution in [1.29, 1.82) is 0 Å². The standard InChI is InChI=1S/C47H38N6O/c1-46(2)44-49-39-26-25-36(30-42(39)53(44)45-48-27-28-52(45)47(46,3)4)54-35-20-13-19-34(29-35)50-31-51(41-24-12-11-23-40(41)50)43-37(32-15-7-5-8-16-32)21-14-22-38(43)33-17-9-6-10-18-33/h5-30H,1-4H3. The SMILES string of the molecule is CC1(C)c2nc3ccc(Oc4cccc(-n5[c-][n+](-c6c(-c7ccccc7)cccc6-c6ccccc6)c6ccccc65)c4)cc3n2-c2nccn2C1(C)C. The quantitative estimate of drug-likeness (QED) is 0.128. The Morgan fingerprint density at radius 2 is 1.31 bits per heavy atom. The van der Waals surface area contributed by atoms with Gasteiger partial charge in [0, 0.05) is 23.9 Å². The van der Waals surface area contributed by atoms with E-state index in [1.54, 1.807) is 0 Å². The maximum absolute atomic E-state index is 6.63. The molecule has 262 valence electrons. The molecule has 0 atom stereocenters. The van der Waals surface area contributed by atoms with Gasteiger partial charge in [-0.1, -0.05) is 123 Å². The van der Waals surface area contributed by atoms with Crippen molar-refractivity contribution in [2.45, 2.75) is 38.6 Å². The van der Waals surface area contributed by atoms with Gasteiger partial charge in [0.15, 0.2) is 0 Å². The largest absolute Gasteiger partial charge is 0.458 e. The number of aromatic nitrogens is 6. The minimum atomic E-state index is -0.245. The lowest BCUT2D eigenvalue weighted by atomic mass is 9.72. The van der Waals surface area contributed by atoms with Crippen LogP contribution in [0.4, 0.5) is 0 Å². The van der Waals surface area contributed by atoms with Crippen molar-refractivity contribution in [1.82, 2.24) is 23.7 Å². The zero-order chi connectivity index (χ0) is 36.6. The lowest BCUT2D eigenvalue weighted by molar-refractivity contribution is -0.571. The van der Waals surface area contributed by atoms with Crippen molar-refractivity contribution in [2.75, 3.05) is 0 Å². The molecule has 0 saturated heterocycles. The summed E-state index contributed by atoms with van der Waals surface area (Å²) in [4.78, 5) is 9.90. The maximum Gasteiger partial charge on any atom is 0.269 e. The molecule has 0 amide bonds. The fourth-order valence-electron chi connectivity index (χ4n) is 7.94. The molecule has 54 heavy (non-hydrogen) atoms. The van der Waals surface area contributed by atoms with Crippen LogP contribution in [0.2, 0.25) is 0 Å². The Kier molecular flexibility index (Phi) is 7.04. The second-order valence-electron chi connectivity index (χ2n) is 15.0. The molecule has 9 aromatic rings. The van der Waals surface area contributed by atoms with Crippen LogP contribution in [0.5, 0.6) is 11.5 Å². The summed E-state index contributed by atoms with van der Waals surface area (Å²) in [6.07, 6.45) is 7.70. The van der Waals surface area contributed by atoms with Gasteiger partial charge in [0.1, 0.15) is 17.3 Å². The average molecular weight is 703 g/mol. The van der Waals surface area contributed by atoms with Gasteiger partial charge >= 0.3 is 0 Å². The molecule has 0 spiro atoms. The summed E-state index contributed by atoms with van der Waals surface area (Å²) in [6, 6.07) is 50.5. The number of nitrogens with zero attached hydrogens (tertiary/aromatic N) is 6. The van der Waals surface area contributed by atoms with Crippen molar-refractivity contribution >= 4 is 22.1 Å². The lowest BCUT2D eigenvalue weighted by Crippen LogP contribution is -2.50. The van der Waals surface area contributed by atoms with Gasteiger partial charge in [-0.2, -0.15) is 0 Å². The molecule has 0 aliphatic carbocycles. The molecule has 0 radical (unpaired) electrons. The first-order valence-corrected chi connectivity index (χ1v) is 18.3. The van der Waals surface area contributed by atoms with E-state index in [0.29, 0.717) is 0 Å². The predicted octanol–water partition coefficient (Wildman–Crippen LogP) is 10.4. The molecular weight excluding hydrogens is 665 g/mol. The molecule has 3 aromatic heterocycles. The van der Waals surface area contributed by atoms with E-state index >= 15 is 0 Å². The first kappa shape index (κ1) is 32.0. The molecule has 7 nitrogen and oxygen atoms in total. The normalized spacial score (nSPS) is 14.2. The first-order chi connectivity index (χ1) is 26.3. The molecule has 0 unspecified atom stereocenters. The molecule has 1 aliphatic rings. The second-order valence-corrected chi connectivity index (χ2v) is 15.0. The van der Waals surface area contributed by atoms with Crippen LogP contribution in [-0.2, 0) is 11.0 Å². The third-order valence-corrected chi connectivity index (χ3v) is 11.4. The summed E-state index contributed by atoms with van der Waals surface area (Å²) in [7, 11) is 0. The molecule has 10 rings (SSSR count). The summed E-state index contributed by atoms with van der Waals surface area (Å²) >= 11 is 0. The molecule has 0 fully saturated rings. The van der Waals surface area contributed by atoms with E-state index in [1.807, 2.05) is 30.5 Å². The van der Waals surface area contributed by atoms with Crippen LogP contribution in [0.15, 0.2) is 158 Å². The van der Waals surface area contributed by atoms with E-state index in [0.717, 1.165) is 79.0 Å². The van der Waals surface area contributed by atoms with E-state index in [4.69, 9.17) is 14.7 Å². The molecular formula is C47H38N6O. The number of benzene rings is 6. The van der Waals surface area contributed by atoms with Crippen molar-refractivity contribution in [2.24, 2.45) is 0 Å². The Hall–Kier alpha value is -6.73. The number of hydrogen-bond acceptors (Lipinski definition) is 3. The van der Waals surface area contributed by atoms with Gasteiger partial charge in [-0.05, 0) is 66.4 Å². The van der Waals surface area contributed by atoms with Crippen LogP contribution in [-0.4, -0.2) is 23.7 Å². The molecule has 0 N–H and O–H groups in total. The van der Waals surface area contributed by atoms with Crippen molar-refractivity contribution in [3.05, 3.63) is 170 Å². The van der Waals surface area contributed by atoms with Gasteiger partial charge in [-0.15, -0.1) is 0 Å². The van der Waals surface area contributed by atoms with Crippen LogP contribution < -0.4 is 9.30 Å². The highest BCUT2D eigenvalue weighted by atomic mass is 16.5. The number of para-hydroxylation sites is 3. The molecule has 4 heterocycles. The highest BCUT2D eigenvalue weighted by Gasteiger charge is 2.48. The molecule has 7 heteroatoms. The monoisotopic (exact) mass is 702 g/mol. The molecule has 1 aliphatic heterocycles. The summed E-state index contributed by atoms with van der Waals surface area (Å²) in [5, 5.41) is 0. The van der Waals surface area contributed by atoms with Gasteiger partial charge in [-0.3, -0.25) is 13.7 Å². The van der Waals surface area contributed by atoms with E-state index in [1.165, 1.54) is 0 Å². The molecule has 0 bridgehead atoms. The van der Waals surface area contributed by atoms with E-state index < -0.39 is 0 Å². The van der Waals surface area contributed by atoms with E-state index in [9.17, 15) is 0 Å². The van der Waals surface area contributed by atoms with Crippen LogP contribution in [0.1, 0.15) is 33.5 Å². The van der Waals surface area contributed by atoms with E-state index in [2.05, 4.69) is 180 Å². The number of ether oxygens (including phenoxy) is 1. The fourth-order valence-corrected chi connectivity index (χ4v) is 7.94. The Morgan fingerprint density at radius 3 is 2.06 bits per heavy atom. The summed E-state index contributed by atoms with van der Waals surface area (Å²) < 4.78 is 15.4. The minimum Gasteiger partial charge on any atom is -0.458 e. The smallest absolute Gasteiger partial charge is 0.269 e. The van der Waals surface area contributed by atoms with Crippen LogP contribution >= 0.6 is 0 Å². The zero-order valence-electron chi connectivity index (χ0n) is 30.6. The first-order valence-electron chi connectivity index (χ1n) is 18.3. The Bertz CT molecular complexity index is 2800. The molecule has 0 saturated carbocycles. The van der Waals surface area contributed by atoms with Crippen LogP contribution in [0.25, 0.3) is 61.6 Å². The summed E-state index contributed by atoms with van der Waals surface area (Å²) in [5.41, 5.74) is 10.1. The summed E-state index contributed by atoms with van der Waals surface area (Å²) in [5.74, 6) is 3.31. The van der Waals surface area contributed by atoms with Crippen molar-refractivity contribution in [3.8, 4) is 51.1 Å². The topological polar surface area (TPSA) is 53.7 Å². The minimum absolute atomic E-state index is 0.208. The number of rotatable bonds is 6. The highest BCUT2D eigenvalue weighted by Crippen LogP contribution is 2.46. The third-order valence-electron chi connectivity index (χ3n) is 11.4. The lowest BCUT2D eigenvalue weighted by Gasteiger charge is -2.46. The summed E-state index contributed by atoms with van der Waals surface area (Å²) in [6.45, 7) is 9.01. The fraction of sp³-hybridized carbons (Fsp3) is 0.128. The van der Waals surface area contributed by atoms with Gasteiger partial charge in [-0.25, -0.2) is 9.97 Å². The van der Waals surface area contributed by atoms with Gasteiger partial charge in [0.05, 0.1) is 39.0 Å². The van der Waals surface area contributed by atoms with Crippen molar-refractivity contribution in [3.63, 3.8) is 0 Å². The highest BCUT2D eigenvalue weighted by molar-refractivity contribution is 5.85. The third kappa shape index (κ3) is 4.78. The van der Waals surface area contributed by atoms with Gasteiger partial charge in [0.2, 0.25) is 5.95 Å². The van der Waals surface area contributed by atoms with Crippen LogP contribution in [0.3, 0.4) is 0 Å². The Morgan fingerprint density at radius 1 is 0.648 bits per heavy atom. The zero-order valence-corrected chi connectivity index (χ0v) is 30.6. The Labute approximate surface area is 314 Å². The number of imidazole rings is 3. The predicted molar refractivity (Wildman–Crippen MR) is 214 cm³/mol. The second kappa shape index (κ2) is 11.9.